The SMILES string of the molecule is O=C1C[C@H](c2ccc(F)cc2)Cc2nc(N3CCN(Cc4ccccc4)CC3)ncc21. The van der Waals surface area contributed by atoms with Gasteiger partial charge < -0.3 is 4.90 Å². The predicted molar refractivity (Wildman–Crippen MR) is 118 cm³/mol. The highest BCUT2D eigenvalue weighted by Crippen LogP contribution is 2.32. The van der Waals surface area contributed by atoms with E-state index in [1.165, 1.54) is 17.7 Å². The van der Waals surface area contributed by atoms with Gasteiger partial charge in [-0.3, -0.25) is 9.69 Å². The third-order valence-electron chi connectivity index (χ3n) is 6.27. The number of halogens is 1. The van der Waals surface area contributed by atoms with Crippen molar-refractivity contribution in [2.45, 2.75) is 25.3 Å². The third kappa shape index (κ3) is 4.35. The minimum absolute atomic E-state index is 0.0334. The van der Waals surface area contributed by atoms with Crippen LogP contribution in [0.15, 0.2) is 60.8 Å². The molecule has 3 aromatic rings. The van der Waals surface area contributed by atoms with E-state index in [0.29, 0.717) is 24.4 Å². The van der Waals surface area contributed by atoms with Crippen molar-refractivity contribution >= 4 is 11.7 Å². The van der Waals surface area contributed by atoms with Crippen LogP contribution in [0.1, 0.15) is 39.5 Å². The highest BCUT2D eigenvalue weighted by Gasteiger charge is 2.29. The molecule has 1 aliphatic heterocycles. The van der Waals surface area contributed by atoms with Gasteiger partial charge in [0.05, 0.1) is 11.3 Å². The second-order valence-corrected chi connectivity index (χ2v) is 8.36. The number of Topliss-reactive ketones (excluding diaryl/α,β-unsaturated/α-hetero) is 1. The summed E-state index contributed by atoms with van der Waals surface area (Å²) in [6, 6.07) is 17.0. The summed E-state index contributed by atoms with van der Waals surface area (Å²) < 4.78 is 13.3. The third-order valence-corrected chi connectivity index (χ3v) is 6.27. The first-order valence-electron chi connectivity index (χ1n) is 10.8. The number of anilines is 1. The topological polar surface area (TPSA) is 49.3 Å². The molecule has 0 bridgehead atoms. The van der Waals surface area contributed by atoms with E-state index in [9.17, 15) is 9.18 Å². The molecule has 31 heavy (non-hydrogen) atoms. The first-order chi connectivity index (χ1) is 15.2. The lowest BCUT2D eigenvalue weighted by molar-refractivity contribution is 0.0962. The van der Waals surface area contributed by atoms with Crippen LogP contribution in [-0.4, -0.2) is 46.8 Å². The Balaban J connectivity index is 1.27. The molecule has 0 N–H and O–H groups in total. The average Bonchev–Trinajstić information content (AvgIpc) is 2.80. The molecule has 5 rings (SSSR count). The summed E-state index contributed by atoms with van der Waals surface area (Å²) in [4.78, 5) is 26.6. The van der Waals surface area contributed by atoms with E-state index in [4.69, 9.17) is 4.98 Å². The molecule has 5 nitrogen and oxygen atoms in total. The van der Waals surface area contributed by atoms with Gasteiger partial charge in [-0.25, -0.2) is 14.4 Å². The Morgan fingerprint density at radius 3 is 2.42 bits per heavy atom. The van der Waals surface area contributed by atoms with Crippen molar-refractivity contribution < 1.29 is 9.18 Å². The molecule has 1 fully saturated rings. The van der Waals surface area contributed by atoms with Gasteiger partial charge in [-0.2, -0.15) is 0 Å². The summed E-state index contributed by atoms with van der Waals surface area (Å²) in [6.07, 6.45) is 2.78. The van der Waals surface area contributed by atoms with Crippen LogP contribution in [0.3, 0.4) is 0 Å². The minimum atomic E-state index is -0.262. The summed E-state index contributed by atoms with van der Waals surface area (Å²) in [5.41, 5.74) is 3.74. The van der Waals surface area contributed by atoms with Gasteiger partial charge in [-0.15, -0.1) is 0 Å². The number of fused-ring (bicyclic) bond motifs is 1. The zero-order valence-electron chi connectivity index (χ0n) is 17.4. The van der Waals surface area contributed by atoms with Crippen molar-refractivity contribution in [3.05, 3.63) is 89.0 Å². The predicted octanol–water partition coefficient (Wildman–Crippen LogP) is 3.85. The number of carbonyl (C=O) groups excluding carboxylic acids is 1. The molecule has 0 spiro atoms. The number of ketones is 1. The van der Waals surface area contributed by atoms with Crippen LogP contribution in [-0.2, 0) is 13.0 Å². The molecular formula is C25H25FN4O. The van der Waals surface area contributed by atoms with Gasteiger partial charge in [0.2, 0.25) is 5.95 Å². The number of nitrogens with zero attached hydrogens (tertiary/aromatic N) is 4. The minimum Gasteiger partial charge on any atom is -0.338 e. The lowest BCUT2D eigenvalue weighted by atomic mass is 9.82. The Kier molecular flexibility index (Phi) is 5.47. The van der Waals surface area contributed by atoms with Crippen molar-refractivity contribution in [3.63, 3.8) is 0 Å². The van der Waals surface area contributed by atoms with Crippen molar-refractivity contribution in [3.8, 4) is 0 Å². The van der Waals surface area contributed by atoms with Gasteiger partial charge in [0.25, 0.3) is 0 Å². The smallest absolute Gasteiger partial charge is 0.225 e. The van der Waals surface area contributed by atoms with E-state index in [1.807, 2.05) is 6.07 Å². The monoisotopic (exact) mass is 416 g/mol. The number of piperazine rings is 1. The zero-order valence-corrected chi connectivity index (χ0v) is 17.4. The van der Waals surface area contributed by atoms with Crippen LogP contribution >= 0.6 is 0 Å². The first-order valence-corrected chi connectivity index (χ1v) is 10.8. The van der Waals surface area contributed by atoms with Crippen molar-refractivity contribution in [1.29, 1.82) is 0 Å². The molecule has 2 aliphatic rings. The summed E-state index contributed by atoms with van der Waals surface area (Å²) in [5.74, 6) is 0.536. The molecule has 1 atom stereocenters. The lowest BCUT2D eigenvalue weighted by Crippen LogP contribution is -2.46. The molecule has 0 amide bonds. The number of hydrogen-bond acceptors (Lipinski definition) is 5. The number of benzene rings is 2. The van der Waals surface area contributed by atoms with E-state index in [2.05, 4.69) is 39.0 Å². The highest BCUT2D eigenvalue weighted by atomic mass is 19.1. The van der Waals surface area contributed by atoms with Crippen LogP contribution in [0.2, 0.25) is 0 Å². The largest absolute Gasteiger partial charge is 0.338 e. The Hall–Kier alpha value is -3.12. The van der Waals surface area contributed by atoms with Gasteiger partial charge >= 0.3 is 0 Å². The number of aromatic nitrogens is 2. The Labute approximate surface area is 181 Å². The second kappa shape index (κ2) is 8.55. The molecule has 2 aromatic carbocycles. The Bertz CT molecular complexity index is 1060. The second-order valence-electron chi connectivity index (χ2n) is 8.36. The van der Waals surface area contributed by atoms with Crippen molar-refractivity contribution in [2.24, 2.45) is 0 Å². The highest BCUT2D eigenvalue weighted by molar-refractivity contribution is 5.98. The van der Waals surface area contributed by atoms with E-state index >= 15 is 0 Å². The summed E-state index contributed by atoms with van der Waals surface area (Å²) in [5, 5.41) is 0. The van der Waals surface area contributed by atoms with Crippen molar-refractivity contribution in [1.82, 2.24) is 14.9 Å². The fourth-order valence-corrected chi connectivity index (χ4v) is 4.51. The number of carbonyl (C=O) groups is 1. The molecule has 1 aliphatic carbocycles. The van der Waals surface area contributed by atoms with Gasteiger partial charge in [0.1, 0.15) is 5.82 Å². The number of rotatable bonds is 4. The molecule has 0 saturated carbocycles. The maximum Gasteiger partial charge on any atom is 0.225 e. The molecule has 6 heteroatoms. The Morgan fingerprint density at radius 1 is 0.935 bits per heavy atom. The fraction of sp³-hybridized carbons (Fsp3) is 0.320. The molecular weight excluding hydrogens is 391 g/mol. The first kappa shape index (κ1) is 19.8. The van der Waals surface area contributed by atoms with E-state index in [0.717, 1.165) is 44.0 Å². The van der Waals surface area contributed by atoms with Crippen molar-refractivity contribution in [2.75, 3.05) is 31.1 Å². The van der Waals surface area contributed by atoms with Crippen LogP contribution in [0.5, 0.6) is 0 Å². The van der Waals surface area contributed by atoms with Crippen LogP contribution in [0.25, 0.3) is 0 Å². The summed E-state index contributed by atoms with van der Waals surface area (Å²) in [6.45, 7) is 4.58. The molecule has 1 saturated heterocycles. The molecule has 0 unspecified atom stereocenters. The van der Waals surface area contributed by atoms with Gasteiger partial charge in [-0.05, 0) is 35.6 Å². The molecule has 2 heterocycles. The van der Waals surface area contributed by atoms with E-state index in [-0.39, 0.29) is 17.5 Å². The fourth-order valence-electron chi connectivity index (χ4n) is 4.51. The molecule has 1 aromatic heterocycles. The number of hydrogen-bond donors (Lipinski definition) is 0. The summed E-state index contributed by atoms with van der Waals surface area (Å²) >= 11 is 0. The van der Waals surface area contributed by atoms with Crippen LogP contribution in [0, 0.1) is 5.82 Å². The normalized spacial score (nSPS) is 19.3. The Morgan fingerprint density at radius 2 is 1.68 bits per heavy atom. The molecule has 158 valence electrons. The van der Waals surface area contributed by atoms with Gasteiger partial charge in [0.15, 0.2) is 5.78 Å². The van der Waals surface area contributed by atoms with E-state index in [1.54, 1.807) is 18.3 Å². The van der Waals surface area contributed by atoms with Gasteiger partial charge in [0, 0.05) is 45.3 Å². The zero-order chi connectivity index (χ0) is 21.2. The van der Waals surface area contributed by atoms with Gasteiger partial charge in [-0.1, -0.05) is 42.5 Å². The quantitative estimate of drug-likeness (QED) is 0.647. The maximum atomic E-state index is 13.3. The standard InChI is InChI=1S/C25H25FN4O/c26-21-8-6-19(7-9-21)20-14-23-22(24(31)15-20)16-27-25(28-23)30-12-10-29(11-13-30)17-18-4-2-1-3-5-18/h1-9,16,20H,10-15,17H2/t20-/m1/s1. The maximum absolute atomic E-state index is 13.3. The van der Waals surface area contributed by atoms with E-state index < -0.39 is 0 Å². The van der Waals surface area contributed by atoms with Crippen LogP contribution < -0.4 is 4.90 Å². The molecule has 0 radical (unpaired) electrons. The van der Waals surface area contributed by atoms with Crippen LogP contribution in [0.4, 0.5) is 10.3 Å². The average molecular weight is 417 g/mol. The summed E-state index contributed by atoms with van der Waals surface area (Å²) in [7, 11) is 0. The lowest BCUT2D eigenvalue weighted by Gasteiger charge is -2.35.